The number of hydrogen-bond acceptors (Lipinski definition) is 3. The summed E-state index contributed by atoms with van der Waals surface area (Å²) in [6.45, 7) is 4.41. The van der Waals surface area contributed by atoms with Crippen molar-refractivity contribution in [2.45, 2.75) is 90.9 Å². The van der Waals surface area contributed by atoms with Crippen LogP contribution in [-0.2, 0) is 17.6 Å². The van der Waals surface area contributed by atoms with E-state index in [9.17, 15) is 9.90 Å². The summed E-state index contributed by atoms with van der Waals surface area (Å²) in [5.41, 5.74) is 3.22. The van der Waals surface area contributed by atoms with Crippen LogP contribution >= 0.6 is 0 Å². The number of aromatic nitrogens is 2. The van der Waals surface area contributed by atoms with Crippen LogP contribution in [0.5, 0.6) is 0 Å². The van der Waals surface area contributed by atoms with Crippen molar-refractivity contribution < 1.29 is 9.90 Å². The third-order valence-corrected chi connectivity index (χ3v) is 5.72. The Morgan fingerprint density at radius 2 is 1.43 bits per heavy atom. The van der Waals surface area contributed by atoms with Crippen LogP contribution < -0.4 is 0 Å². The first-order valence-electron chi connectivity index (χ1n) is 11.8. The number of nitrogens with zero attached hydrogens (tertiary/aromatic N) is 2. The van der Waals surface area contributed by atoms with Crippen molar-refractivity contribution in [1.29, 1.82) is 0 Å². The van der Waals surface area contributed by atoms with Crippen LogP contribution in [0, 0.1) is 5.92 Å². The Bertz CT molecular complexity index is 726. The highest BCUT2D eigenvalue weighted by Crippen LogP contribution is 2.21. The molecular formula is C26H38N2O2. The molecule has 0 spiro atoms. The van der Waals surface area contributed by atoms with E-state index < -0.39 is 5.97 Å². The Morgan fingerprint density at radius 3 is 2.07 bits per heavy atom. The quantitative estimate of drug-likeness (QED) is 0.325. The number of carboxylic acid groups (broad SMARTS) is 1. The lowest BCUT2D eigenvalue weighted by Crippen LogP contribution is -2.16. The number of unbranched alkanes of at least 4 members (excludes halogenated alkanes) is 7. The topological polar surface area (TPSA) is 63.1 Å². The van der Waals surface area contributed by atoms with Crippen molar-refractivity contribution in [3.8, 4) is 11.4 Å². The van der Waals surface area contributed by atoms with E-state index in [-0.39, 0.29) is 5.92 Å². The largest absolute Gasteiger partial charge is 0.481 e. The number of carbonyl (C=O) groups is 1. The molecule has 0 amide bonds. The first-order chi connectivity index (χ1) is 14.6. The summed E-state index contributed by atoms with van der Waals surface area (Å²) in [5.74, 6) is -0.266. The summed E-state index contributed by atoms with van der Waals surface area (Å²) in [6, 6.07) is 8.05. The highest BCUT2D eigenvalue weighted by atomic mass is 16.4. The van der Waals surface area contributed by atoms with Gasteiger partial charge in [0.2, 0.25) is 0 Å². The van der Waals surface area contributed by atoms with E-state index >= 15 is 0 Å². The van der Waals surface area contributed by atoms with E-state index in [0.29, 0.717) is 6.42 Å². The van der Waals surface area contributed by atoms with Crippen LogP contribution in [0.2, 0.25) is 0 Å². The Kier molecular flexibility index (Phi) is 11.1. The molecule has 0 aliphatic heterocycles. The number of hydrogen-bond donors (Lipinski definition) is 1. The minimum atomic E-state index is -0.686. The first kappa shape index (κ1) is 24.0. The third-order valence-electron chi connectivity index (χ3n) is 5.72. The Labute approximate surface area is 182 Å². The van der Waals surface area contributed by atoms with E-state index in [1.54, 1.807) is 0 Å². The smallest absolute Gasteiger partial charge is 0.306 e. The van der Waals surface area contributed by atoms with E-state index in [1.165, 1.54) is 50.5 Å². The van der Waals surface area contributed by atoms with Crippen LogP contribution in [-0.4, -0.2) is 21.0 Å². The second-order valence-electron chi connectivity index (χ2n) is 8.36. The van der Waals surface area contributed by atoms with Gasteiger partial charge in [-0.25, -0.2) is 9.97 Å². The fourth-order valence-corrected chi connectivity index (χ4v) is 3.77. The predicted molar refractivity (Wildman–Crippen MR) is 124 cm³/mol. The molecular weight excluding hydrogens is 372 g/mol. The number of aryl methyl sites for hydroxylation is 1. The van der Waals surface area contributed by atoms with Gasteiger partial charge in [-0.15, -0.1) is 0 Å². The van der Waals surface area contributed by atoms with Crippen LogP contribution in [0.25, 0.3) is 11.4 Å². The summed E-state index contributed by atoms with van der Waals surface area (Å²) < 4.78 is 0. The van der Waals surface area contributed by atoms with Crippen molar-refractivity contribution in [3.05, 3.63) is 47.8 Å². The zero-order valence-corrected chi connectivity index (χ0v) is 18.8. The molecule has 4 nitrogen and oxygen atoms in total. The molecule has 0 unspecified atom stereocenters. The lowest BCUT2D eigenvalue weighted by Gasteiger charge is -2.13. The van der Waals surface area contributed by atoms with Crippen LogP contribution in [0.4, 0.5) is 0 Å². The highest BCUT2D eigenvalue weighted by molar-refractivity contribution is 5.70. The normalized spacial score (nSPS) is 12.1. The summed E-state index contributed by atoms with van der Waals surface area (Å²) >= 11 is 0. The minimum Gasteiger partial charge on any atom is -0.481 e. The third kappa shape index (κ3) is 8.64. The second-order valence-corrected chi connectivity index (χ2v) is 8.36. The maximum Gasteiger partial charge on any atom is 0.306 e. The van der Waals surface area contributed by atoms with E-state index in [1.807, 2.05) is 36.7 Å². The molecule has 2 rings (SSSR count). The van der Waals surface area contributed by atoms with Crippen molar-refractivity contribution in [2.24, 2.45) is 5.92 Å². The lowest BCUT2D eigenvalue weighted by atomic mass is 9.93. The van der Waals surface area contributed by atoms with Crippen molar-refractivity contribution >= 4 is 5.97 Å². The van der Waals surface area contributed by atoms with Crippen molar-refractivity contribution in [2.75, 3.05) is 0 Å². The molecule has 1 atom stereocenters. The molecule has 0 fully saturated rings. The summed E-state index contributed by atoms with van der Waals surface area (Å²) in [5, 5.41) is 9.59. The number of benzene rings is 1. The minimum absolute atomic E-state index is 0.305. The van der Waals surface area contributed by atoms with E-state index in [2.05, 4.69) is 23.8 Å². The fourth-order valence-electron chi connectivity index (χ4n) is 3.77. The zero-order chi connectivity index (χ0) is 21.6. The Balaban J connectivity index is 1.86. The molecule has 0 bridgehead atoms. The molecule has 0 saturated carbocycles. The van der Waals surface area contributed by atoms with Gasteiger partial charge in [-0.2, -0.15) is 0 Å². The van der Waals surface area contributed by atoms with Crippen molar-refractivity contribution in [1.82, 2.24) is 9.97 Å². The van der Waals surface area contributed by atoms with Gasteiger partial charge in [-0.3, -0.25) is 4.79 Å². The number of rotatable bonds is 15. The highest BCUT2D eigenvalue weighted by Gasteiger charge is 2.17. The molecule has 0 aliphatic carbocycles. The van der Waals surface area contributed by atoms with Gasteiger partial charge in [0.1, 0.15) is 0 Å². The maximum atomic E-state index is 11.7. The summed E-state index contributed by atoms with van der Waals surface area (Å²) in [6.07, 6.45) is 17.0. The average Bonchev–Trinajstić information content (AvgIpc) is 2.76. The molecule has 1 N–H and O–H groups in total. The number of aliphatic carboxylic acids is 1. The molecule has 0 radical (unpaired) electrons. The predicted octanol–water partition coefficient (Wildman–Crippen LogP) is 6.87. The fraction of sp³-hybridized carbons (Fsp3) is 0.577. The molecule has 1 heterocycles. The molecule has 1 aromatic carbocycles. The first-order valence-corrected chi connectivity index (χ1v) is 11.8. The summed E-state index contributed by atoms with van der Waals surface area (Å²) in [7, 11) is 0. The van der Waals surface area contributed by atoms with Gasteiger partial charge >= 0.3 is 5.97 Å². The van der Waals surface area contributed by atoms with Gasteiger partial charge in [0.05, 0.1) is 5.92 Å². The van der Waals surface area contributed by atoms with Gasteiger partial charge in [0.15, 0.2) is 5.82 Å². The monoisotopic (exact) mass is 410 g/mol. The Morgan fingerprint density at radius 1 is 0.833 bits per heavy atom. The van der Waals surface area contributed by atoms with Gasteiger partial charge in [0, 0.05) is 18.0 Å². The van der Waals surface area contributed by atoms with Gasteiger partial charge in [0.25, 0.3) is 0 Å². The molecule has 30 heavy (non-hydrogen) atoms. The van der Waals surface area contributed by atoms with Gasteiger partial charge < -0.3 is 5.11 Å². The second kappa shape index (κ2) is 13.9. The molecule has 1 aromatic heterocycles. The van der Waals surface area contributed by atoms with Crippen LogP contribution in [0.1, 0.15) is 89.2 Å². The lowest BCUT2D eigenvalue weighted by molar-refractivity contribution is -0.142. The zero-order valence-electron chi connectivity index (χ0n) is 18.8. The maximum absolute atomic E-state index is 11.7. The standard InChI is InChI=1S/C26H38N2O2/c1-3-5-7-8-9-11-13-24(26(29)30)18-21-14-16-23(17-15-21)25-27-19-22(20-28-25)12-10-6-4-2/h14-17,19-20,24H,3-13,18H2,1-2H3,(H,29,30)/t24-/m1/s1. The molecule has 4 heteroatoms. The van der Waals surface area contributed by atoms with Crippen molar-refractivity contribution in [3.63, 3.8) is 0 Å². The summed E-state index contributed by atoms with van der Waals surface area (Å²) in [4.78, 5) is 20.7. The Hall–Kier alpha value is -2.23. The van der Waals surface area contributed by atoms with E-state index in [4.69, 9.17) is 0 Å². The average molecular weight is 411 g/mol. The van der Waals surface area contributed by atoms with Gasteiger partial charge in [-0.05, 0) is 36.8 Å². The molecule has 0 saturated heterocycles. The number of carboxylic acids is 1. The SMILES string of the molecule is CCCCCCCC[C@H](Cc1ccc(-c2ncc(CCCCC)cn2)cc1)C(=O)O. The van der Waals surface area contributed by atoms with Gasteiger partial charge in [-0.1, -0.05) is 89.5 Å². The molecule has 0 aliphatic rings. The van der Waals surface area contributed by atoms with Crippen LogP contribution in [0.3, 0.4) is 0 Å². The molecule has 164 valence electrons. The molecule has 2 aromatic rings. The van der Waals surface area contributed by atoms with E-state index in [0.717, 1.165) is 42.6 Å². The van der Waals surface area contributed by atoms with Crippen LogP contribution in [0.15, 0.2) is 36.7 Å².